The molecule has 1 saturated heterocycles. The van der Waals surface area contributed by atoms with Gasteiger partial charge in [-0.15, -0.1) is 13.2 Å². The van der Waals surface area contributed by atoms with Crippen LogP contribution in [0.25, 0.3) is 22.0 Å². The number of aromatic nitrogens is 3. The number of halogens is 3. The third kappa shape index (κ3) is 4.47. The van der Waals surface area contributed by atoms with E-state index < -0.39 is 12.0 Å². The van der Waals surface area contributed by atoms with Crippen LogP contribution in [-0.4, -0.2) is 51.4 Å². The first-order valence-corrected chi connectivity index (χ1v) is 9.40. The summed E-state index contributed by atoms with van der Waals surface area (Å²) in [6, 6.07) is 5.22. The molecule has 4 rings (SSSR count). The predicted molar refractivity (Wildman–Crippen MR) is 106 cm³/mol. The van der Waals surface area contributed by atoms with E-state index in [0.29, 0.717) is 29.7 Å². The molecule has 164 valence electrons. The molecule has 3 aromatic rings. The van der Waals surface area contributed by atoms with Gasteiger partial charge in [0, 0.05) is 38.4 Å². The Balaban J connectivity index is 1.72. The van der Waals surface area contributed by atoms with Gasteiger partial charge in [-0.1, -0.05) is 12.1 Å². The number of pyridine rings is 1. The van der Waals surface area contributed by atoms with Crippen LogP contribution in [0.1, 0.15) is 6.42 Å². The number of fused-ring (bicyclic) bond motifs is 1. The molecule has 1 aliphatic heterocycles. The summed E-state index contributed by atoms with van der Waals surface area (Å²) in [5, 5.41) is 13.7. The highest BCUT2D eigenvalue weighted by Gasteiger charge is 2.33. The summed E-state index contributed by atoms with van der Waals surface area (Å²) in [6.45, 7) is 0.761. The number of alkyl halides is 3. The Morgan fingerprint density at radius 1 is 1.29 bits per heavy atom. The molecule has 1 aromatic carbocycles. The summed E-state index contributed by atoms with van der Waals surface area (Å²) < 4.78 is 47.6. The zero-order valence-corrected chi connectivity index (χ0v) is 16.4. The van der Waals surface area contributed by atoms with Crippen LogP contribution in [0.15, 0.2) is 41.6 Å². The standard InChI is InChI=1S/C20H19F3N4O4/c1-27-11-26-16-14(12-2-4-13(5-3-12)31-20(21,22)23)8-24-17(15(16)18(27)28)25-9-19(29)6-7-30-10-19/h2-5,8,11,29H,6-7,9-10H2,1H3,(H,24,25). The van der Waals surface area contributed by atoms with Crippen LogP contribution >= 0.6 is 0 Å². The summed E-state index contributed by atoms with van der Waals surface area (Å²) in [7, 11) is 1.55. The van der Waals surface area contributed by atoms with E-state index >= 15 is 0 Å². The molecule has 0 bridgehead atoms. The minimum atomic E-state index is -4.79. The number of anilines is 1. The van der Waals surface area contributed by atoms with E-state index in [2.05, 4.69) is 20.0 Å². The highest BCUT2D eigenvalue weighted by Crippen LogP contribution is 2.31. The third-order valence-corrected chi connectivity index (χ3v) is 5.01. The van der Waals surface area contributed by atoms with E-state index in [4.69, 9.17) is 4.74 Å². The number of rotatable bonds is 5. The molecule has 1 unspecified atom stereocenters. The second-order valence-corrected chi connectivity index (χ2v) is 7.36. The average molecular weight is 436 g/mol. The SMILES string of the molecule is Cn1cnc2c(-c3ccc(OC(F)(F)F)cc3)cnc(NCC3(O)CCOC3)c2c1=O. The molecule has 1 fully saturated rings. The van der Waals surface area contributed by atoms with Gasteiger partial charge < -0.3 is 24.5 Å². The molecule has 8 nitrogen and oxygen atoms in total. The van der Waals surface area contributed by atoms with Crippen LogP contribution in [0.3, 0.4) is 0 Å². The zero-order valence-electron chi connectivity index (χ0n) is 16.4. The smallest absolute Gasteiger partial charge is 0.406 e. The van der Waals surface area contributed by atoms with Gasteiger partial charge in [0.15, 0.2) is 0 Å². The maximum absolute atomic E-state index is 12.8. The molecule has 1 aliphatic rings. The van der Waals surface area contributed by atoms with Crippen molar-refractivity contribution in [3.05, 3.63) is 47.1 Å². The molecule has 3 heterocycles. The number of benzene rings is 1. The number of nitrogens with zero attached hydrogens (tertiary/aromatic N) is 3. The maximum Gasteiger partial charge on any atom is 0.573 e. The quantitative estimate of drug-likeness (QED) is 0.634. The van der Waals surface area contributed by atoms with E-state index in [0.717, 1.165) is 0 Å². The molecule has 0 amide bonds. The maximum atomic E-state index is 12.8. The van der Waals surface area contributed by atoms with Gasteiger partial charge in [-0.2, -0.15) is 0 Å². The first-order chi connectivity index (χ1) is 14.7. The van der Waals surface area contributed by atoms with Gasteiger partial charge in [0.2, 0.25) is 0 Å². The minimum Gasteiger partial charge on any atom is -0.406 e. The van der Waals surface area contributed by atoms with Gasteiger partial charge in [0.25, 0.3) is 5.56 Å². The van der Waals surface area contributed by atoms with Gasteiger partial charge in [0.05, 0.1) is 18.5 Å². The Morgan fingerprint density at radius 2 is 2.03 bits per heavy atom. The highest BCUT2D eigenvalue weighted by molar-refractivity contribution is 5.98. The topological polar surface area (TPSA) is 98.5 Å². The molecule has 0 radical (unpaired) electrons. The van der Waals surface area contributed by atoms with E-state index in [1.807, 2.05) is 0 Å². The molecule has 2 aromatic heterocycles. The van der Waals surface area contributed by atoms with Crippen LogP contribution in [0.4, 0.5) is 19.0 Å². The van der Waals surface area contributed by atoms with Crippen LogP contribution in [0, 0.1) is 0 Å². The molecule has 0 saturated carbocycles. The van der Waals surface area contributed by atoms with Crippen molar-refractivity contribution < 1.29 is 27.8 Å². The molecular weight excluding hydrogens is 417 g/mol. The molecule has 31 heavy (non-hydrogen) atoms. The third-order valence-electron chi connectivity index (χ3n) is 5.01. The Kier molecular flexibility index (Phi) is 5.31. The van der Waals surface area contributed by atoms with Crippen molar-refractivity contribution in [3.63, 3.8) is 0 Å². The van der Waals surface area contributed by atoms with E-state index in [9.17, 15) is 23.1 Å². The minimum absolute atomic E-state index is 0.135. The van der Waals surface area contributed by atoms with Crippen LogP contribution in [0.5, 0.6) is 5.75 Å². The molecule has 1 atom stereocenters. The molecule has 11 heteroatoms. The summed E-state index contributed by atoms with van der Waals surface area (Å²) in [5.74, 6) is -0.104. The van der Waals surface area contributed by atoms with Crippen LogP contribution < -0.4 is 15.6 Å². The Bertz CT molecular complexity index is 1160. The summed E-state index contributed by atoms with van der Waals surface area (Å²) in [4.78, 5) is 21.5. The molecular formula is C20H19F3N4O4. The first kappa shape index (κ1) is 21.1. The predicted octanol–water partition coefficient (Wildman–Crippen LogP) is 2.46. The second-order valence-electron chi connectivity index (χ2n) is 7.36. The number of hydrogen-bond acceptors (Lipinski definition) is 7. The van der Waals surface area contributed by atoms with E-state index in [-0.39, 0.29) is 35.7 Å². The fourth-order valence-electron chi connectivity index (χ4n) is 3.38. The lowest BCUT2D eigenvalue weighted by atomic mass is 10.0. The number of hydrogen-bond donors (Lipinski definition) is 2. The van der Waals surface area contributed by atoms with Crippen LogP contribution in [0.2, 0.25) is 0 Å². The van der Waals surface area contributed by atoms with Crippen molar-refractivity contribution >= 4 is 16.7 Å². The lowest BCUT2D eigenvalue weighted by Crippen LogP contribution is -2.37. The zero-order chi connectivity index (χ0) is 22.2. The van der Waals surface area contributed by atoms with Crippen LogP contribution in [-0.2, 0) is 11.8 Å². The lowest BCUT2D eigenvalue weighted by Gasteiger charge is -2.21. The summed E-state index contributed by atoms with van der Waals surface area (Å²) in [5.41, 5.74) is -0.0933. The van der Waals surface area contributed by atoms with Gasteiger partial charge in [-0.25, -0.2) is 9.97 Å². The highest BCUT2D eigenvalue weighted by atomic mass is 19.4. The average Bonchev–Trinajstić information content (AvgIpc) is 3.15. The van der Waals surface area contributed by atoms with Crippen molar-refractivity contribution in [2.45, 2.75) is 18.4 Å². The Morgan fingerprint density at radius 3 is 2.68 bits per heavy atom. The van der Waals surface area contributed by atoms with Crippen molar-refractivity contribution in [2.24, 2.45) is 7.05 Å². The van der Waals surface area contributed by atoms with Crippen molar-refractivity contribution in [1.29, 1.82) is 0 Å². The van der Waals surface area contributed by atoms with E-state index in [1.165, 1.54) is 41.4 Å². The fraction of sp³-hybridized carbons (Fsp3) is 0.350. The number of aliphatic hydroxyl groups is 1. The molecule has 0 spiro atoms. The Hall–Kier alpha value is -3.18. The number of aryl methyl sites for hydroxylation is 1. The summed E-state index contributed by atoms with van der Waals surface area (Å²) >= 11 is 0. The Labute approximate surface area is 174 Å². The lowest BCUT2D eigenvalue weighted by molar-refractivity contribution is -0.274. The van der Waals surface area contributed by atoms with Crippen molar-refractivity contribution in [2.75, 3.05) is 25.1 Å². The molecule has 0 aliphatic carbocycles. The van der Waals surface area contributed by atoms with Crippen molar-refractivity contribution in [3.8, 4) is 16.9 Å². The van der Waals surface area contributed by atoms with Gasteiger partial charge in [-0.3, -0.25) is 4.79 Å². The van der Waals surface area contributed by atoms with E-state index in [1.54, 1.807) is 7.05 Å². The fourth-order valence-corrected chi connectivity index (χ4v) is 3.38. The second kappa shape index (κ2) is 7.82. The largest absolute Gasteiger partial charge is 0.573 e. The number of ether oxygens (including phenoxy) is 2. The van der Waals surface area contributed by atoms with Gasteiger partial charge >= 0.3 is 6.36 Å². The molecule has 2 N–H and O–H groups in total. The van der Waals surface area contributed by atoms with Crippen molar-refractivity contribution in [1.82, 2.24) is 14.5 Å². The monoisotopic (exact) mass is 436 g/mol. The van der Waals surface area contributed by atoms with Gasteiger partial charge in [-0.05, 0) is 17.7 Å². The summed E-state index contributed by atoms with van der Waals surface area (Å²) in [6.07, 6.45) is -1.49. The first-order valence-electron chi connectivity index (χ1n) is 9.40. The number of nitrogens with one attached hydrogen (secondary N) is 1. The van der Waals surface area contributed by atoms with Gasteiger partial charge in [0.1, 0.15) is 22.6 Å². The normalized spacial score (nSPS) is 19.0.